The lowest BCUT2D eigenvalue weighted by atomic mass is 10.1. The molecule has 114 valence electrons. The van der Waals surface area contributed by atoms with E-state index < -0.39 is 0 Å². The summed E-state index contributed by atoms with van der Waals surface area (Å²) in [6, 6.07) is 10.1. The molecule has 0 aliphatic rings. The Balaban J connectivity index is 2.16. The molecule has 0 saturated heterocycles. The summed E-state index contributed by atoms with van der Waals surface area (Å²) in [7, 11) is 3.42. The Morgan fingerprint density at radius 1 is 1.10 bits per heavy atom. The van der Waals surface area contributed by atoms with Crippen LogP contribution in [0.25, 0.3) is 10.9 Å². The van der Waals surface area contributed by atoms with Crippen molar-refractivity contribution in [2.45, 2.75) is 6.54 Å². The van der Waals surface area contributed by atoms with Crippen LogP contribution < -0.4 is 5.73 Å². The zero-order valence-electron chi connectivity index (χ0n) is 12.7. The minimum atomic E-state index is 0.591. The van der Waals surface area contributed by atoms with Gasteiger partial charge in [0.2, 0.25) is 0 Å². The van der Waals surface area contributed by atoms with Crippen molar-refractivity contribution < 1.29 is 9.47 Å². The molecule has 1 heterocycles. The van der Waals surface area contributed by atoms with Crippen LogP contribution in [0, 0.1) is 0 Å². The highest BCUT2D eigenvalue weighted by molar-refractivity contribution is 5.81. The van der Waals surface area contributed by atoms with Gasteiger partial charge in [0, 0.05) is 44.8 Å². The Labute approximate surface area is 125 Å². The molecule has 0 amide bonds. The zero-order valence-corrected chi connectivity index (χ0v) is 12.7. The first-order valence-corrected chi connectivity index (χ1v) is 7.09. The number of ether oxygens (including phenoxy) is 2. The summed E-state index contributed by atoms with van der Waals surface area (Å²) in [4.78, 5) is 6.74. The molecule has 0 unspecified atom stereocenters. The van der Waals surface area contributed by atoms with E-state index in [-0.39, 0.29) is 0 Å². The summed E-state index contributed by atoms with van der Waals surface area (Å²) in [6.45, 7) is 3.80. The maximum atomic E-state index is 6.09. The average molecular weight is 289 g/mol. The normalized spacial score (nSPS) is 11.4. The highest BCUT2D eigenvalue weighted by Gasteiger charge is 2.10. The van der Waals surface area contributed by atoms with Crippen LogP contribution >= 0.6 is 0 Å². The van der Waals surface area contributed by atoms with Crippen molar-refractivity contribution in [3.05, 3.63) is 35.9 Å². The number of benzene rings is 1. The van der Waals surface area contributed by atoms with E-state index in [1.54, 1.807) is 14.2 Å². The van der Waals surface area contributed by atoms with Crippen LogP contribution in [0.1, 0.15) is 5.56 Å². The second-order valence-corrected chi connectivity index (χ2v) is 4.99. The number of fused-ring (bicyclic) bond motifs is 1. The largest absolute Gasteiger partial charge is 0.383 e. The van der Waals surface area contributed by atoms with Crippen LogP contribution in [-0.4, -0.2) is 50.4 Å². The Bertz CT molecular complexity index is 566. The lowest BCUT2D eigenvalue weighted by Crippen LogP contribution is -2.30. The van der Waals surface area contributed by atoms with E-state index in [1.165, 1.54) is 0 Å². The molecule has 5 heteroatoms. The molecular weight excluding hydrogens is 266 g/mol. The number of anilines is 1. The molecule has 0 radical (unpaired) electrons. The van der Waals surface area contributed by atoms with Crippen molar-refractivity contribution in [1.82, 2.24) is 9.88 Å². The fraction of sp³-hybridized carbons (Fsp3) is 0.438. The minimum Gasteiger partial charge on any atom is -0.383 e. The minimum absolute atomic E-state index is 0.591. The first kappa shape index (κ1) is 15.7. The summed E-state index contributed by atoms with van der Waals surface area (Å²) in [5.41, 5.74) is 8.06. The molecule has 0 bridgehead atoms. The third-order valence-electron chi connectivity index (χ3n) is 3.45. The Morgan fingerprint density at radius 3 is 2.43 bits per heavy atom. The van der Waals surface area contributed by atoms with Crippen LogP contribution in [0.2, 0.25) is 0 Å². The van der Waals surface area contributed by atoms with Crippen molar-refractivity contribution >= 4 is 16.7 Å². The third-order valence-corrected chi connectivity index (χ3v) is 3.45. The predicted molar refractivity (Wildman–Crippen MR) is 85.2 cm³/mol. The number of aromatic nitrogens is 1. The number of hydrogen-bond acceptors (Lipinski definition) is 5. The number of nitrogen functional groups attached to an aromatic ring is 1. The molecule has 0 aliphatic heterocycles. The van der Waals surface area contributed by atoms with Crippen LogP contribution in [-0.2, 0) is 16.0 Å². The van der Waals surface area contributed by atoms with Gasteiger partial charge in [0.15, 0.2) is 0 Å². The first-order valence-electron chi connectivity index (χ1n) is 7.09. The monoisotopic (exact) mass is 289 g/mol. The number of nitrogens with two attached hydrogens (primary N) is 1. The van der Waals surface area contributed by atoms with Gasteiger partial charge in [-0.1, -0.05) is 18.2 Å². The van der Waals surface area contributed by atoms with E-state index in [0.717, 1.165) is 36.1 Å². The van der Waals surface area contributed by atoms with Crippen molar-refractivity contribution in [2.24, 2.45) is 0 Å². The highest BCUT2D eigenvalue weighted by atomic mass is 16.5. The van der Waals surface area contributed by atoms with Crippen LogP contribution in [0.3, 0.4) is 0 Å². The maximum Gasteiger partial charge on any atom is 0.128 e. The molecule has 2 aromatic rings. The summed E-state index contributed by atoms with van der Waals surface area (Å²) in [6.07, 6.45) is 0. The van der Waals surface area contributed by atoms with E-state index in [2.05, 4.69) is 22.0 Å². The van der Waals surface area contributed by atoms with E-state index >= 15 is 0 Å². The SMILES string of the molecule is COCCN(CCOC)Cc1cc2ccccc2nc1N. The van der Waals surface area contributed by atoms with E-state index in [9.17, 15) is 0 Å². The van der Waals surface area contributed by atoms with Gasteiger partial charge in [-0.25, -0.2) is 4.98 Å². The molecule has 1 aromatic carbocycles. The second kappa shape index (κ2) is 7.93. The van der Waals surface area contributed by atoms with E-state index in [4.69, 9.17) is 15.2 Å². The molecule has 0 aliphatic carbocycles. The number of hydrogen-bond donors (Lipinski definition) is 1. The van der Waals surface area contributed by atoms with Crippen molar-refractivity contribution in [1.29, 1.82) is 0 Å². The van der Waals surface area contributed by atoms with Gasteiger partial charge >= 0.3 is 0 Å². The van der Waals surface area contributed by atoms with Crippen molar-refractivity contribution in [3.8, 4) is 0 Å². The molecule has 0 spiro atoms. The van der Waals surface area contributed by atoms with Gasteiger partial charge < -0.3 is 15.2 Å². The van der Waals surface area contributed by atoms with E-state index in [1.807, 2.05) is 18.2 Å². The Hall–Kier alpha value is -1.69. The lowest BCUT2D eigenvalue weighted by Gasteiger charge is -2.22. The van der Waals surface area contributed by atoms with Gasteiger partial charge in [0.25, 0.3) is 0 Å². The molecule has 2 rings (SSSR count). The van der Waals surface area contributed by atoms with E-state index in [0.29, 0.717) is 19.0 Å². The van der Waals surface area contributed by atoms with Gasteiger partial charge in [0.05, 0.1) is 18.7 Å². The van der Waals surface area contributed by atoms with Gasteiger partial charge in [-0.05, 0) is 12.1 Å². The number of rotatable bonds is 8. The van der Waals surface area contributed by atoms with Gasteiger partial charge in [-0.3, -0.25) is 4.90 Å². The second-order valence-electron chi connectivity index (χ2n) is 4.99. The quantitative estimate of drug-likeness (QED) is 0.804. The molecule has 5 nitrogen and oxygen atoms in total. The van der Waals surface area contributed by atoms with Gasteiger partial charge in [-0.2, -0.15) is 0 Å². The standard InChI is InChI=1S/C16H23N3O2/c1-20-9-7-19(8-10-21-2)12-14-11-13-5-3-4-6-15(13)18-16(14)17/h3-6,11H,7-10,12H2,1-2H3,(H2,17,18). The molecule has 0 fully saturated rings. The summed E-state index contributed by atoms with van der Waals surface area (Å²) in [5.74, 6) is 0.591. The smallest absolute Gasteiger partial charge is 0.128 e. The Morgan fingerprint density at radius 2 is 1.76 bits per heavy atom. The number of nitrogens with zero attached hydrogens (tertiary/aromatic N) is 2. The van der Waals surface area contributed by atoms with Crippen molar-refractivity contribution in [3.63, 3.8) is 0 Å². The number of pyridine rings is 1. The Kier molecular flexibility index (Phi) is 5.92. The van der Waals surface area contributed by atoms with Crippen LogP contribution in [0.5, 0.6) is 0 Å². The molecule has 0 saturated carbocycles. The molecule has 0 atom stereocenters. The molecule has 1 aromatic heterocycles. The summed E-state index contributed by atoms with van der Waals surface area (Å²) in [5, 5.41) is 1.11. The van der Waals surface area contributed by atoms with Gasteiger partial charge in [0.1, 0.15) is 5.82 Å². The number of para-hydroxylation sites is 1. The maximum absolute atomic E-state index is 6.09. The molecular formula is C16H23N3O2. The molecule has 2 N–H and O–H groups in total. The lowest BCUT2D eigenvalue weighted by molar-refractivity contribution is 0.110. The topological polar surface area (TPSA) is 60.6 Å². The number of methoxy groups -OCH3 is 2. The fourth-order valence-electron chi connectivity index (χ4n) is 2.25. The van der Waals surface area contributed by atoms with Crippen LogP contribution in [0.4, 0.5) is 5.82 Å². The van der Waals surface area contributed by atoms with Gasteiger partial charge in [-0.15, -0.1) is 0 Å². The van der Waals surface area contributed by atoms with Crippen LogP contribution in [0.15, 0.2) is 30.3 Å². The molecule has 21 heavy (non-hydrogen) atoms. The average Bonchev–Trinajstić information content (AvgIpc) is 2.50. The fourth-order valence-corrected chi connectivity index (χ4v) is 2.25. The summed E-state index contributed by atoms with van der Waals surface area (Å²) < 4.78 is 10.3. The third kappa shape index (κ3) is 4.39. The first-order chi connectivity index (χ1) is 10.2. The zero-order chi connectivity index (χ0) is 15.1. The predicted octanol–water partition coefficient (Wildman–Crippen LogP) is 1.91. The van der Waals surface area contributed by atoms with Crippen molar-refractivity contribution in [2.75, 3.05) is 46.3 Å². The summed E-state index contributed by atoms with van der Waals surface area (Å²) >= 11 is 0. The highest BCUT2D eigenvalue weighted by Crippen LogP contribution is 2.19.